The molecule has 30 heavy (non-hydrogen) atoms. The van der Waals surface area contributed by atoms with Crippen molar-refractivity contribution in [3.8, 4) is 0 Å². The molecule has 1 aromatic heterocycles. The molecule has 2 saturated heterocycles. The van der Waals surface area contributed by atoms with E-state index in [1.54, 1.807) is 6.20 Å². The van der Waals surface area contributed by atoms with E-state index in [-0.39, 0.29) is 5.91 Å². The van der Waals surface area contributed by atoms with Crippen molar-refractivity contribution < 1.29 is 9.53 Å². The number of aromatic nitrogens is 1. The Labute approximate surface area is 182 Å². The number of rotatable bonds is 8. The standard InChI is InChI=1S/C22H31N5O2S/c28-21(23-8-11-26-12-14-29-15-13-26)20-16-24-22(30-20)25-19-6-9-27(10-7-19)17-18-4-2-1-3-5-18/h1-5,16,19H,6-15,17H2,(H,23,28)(H,24,25). The van der Waals surface area contributed by atoms with Gasteiger partial charge >= 0.3 is 0 Å². The Balaban J connectivity index is 1.17. The third-order valence-electron chi connectivity index (χ3n) is 5.71. The summed E-state index contributed by atoms with van der Waals surface area (Å²) < 4.78 is 5.35. The van der Waals surface area contributed by atoms with Gasteiger partial charge in [-0.15, -0.1) is 0 Å². The molecule has 2 N–H and O–H groups in total. The topological polar surface area (TPSA) is 69.7 Å². The molecule has 8 heteroatoms. The predicted octanol–water partition coefficient (Wildman–Crippen LogP) is 2.28. The van der Waals surface area contributed by atoms with E-state index in [4.69, 9.17) is 4.74 Å². The van der Waals surface area contributed by atoms with Crippen molar-refractivity contribution in [1.29, 1.82) is 0 Å². The maximum absolute atomic E-state index is 12.4. The molecule has 0 radical (unpaired) electrons. The molecule has 2 fully saturated rings. The van der Waals surface area contributed by atoms with Gasteiger partial charge in [-0.25, -0.2) is 4.98 Å². The van der Waals surface area contributed by atoms with Crippen LogP contribution < -0.4 is 10.6 Å². The lowest BCUT2D eigenvalue weighted by Crippen LogP contribution is -2.41. The summed E-state index contributed by atoms with van der Waals surface area (Å²) in [5, 5.41) is 7.38. The van der Waals surface area contributed by atoms with E-state index in [1.807, 2.05) is 0 Å². The lowest BCUT2D eigenvalue weighted by Gasteiger charge is -2.32. The fourth-order valence-electron chi connectivity index (χ4n) is 3.94. The van der Waals surface area contributed by atoms with Gasteiger partial charge in [0.05, 0.1) is 19.4 Å². The summed E-state index contributed by atoms with van der Waals surface area (Å²) in [7, 11) is 0. The molecule has 2 aliphatic rings. The van der Waals surface area contributed by atoms with Crippen molar-refractivity contribution in [2.75, 3.05) is 57.8 Å². The fraction of sp³-hybridized carbons (Fsp3) is 0.545. The number of piperidine rings is 1. The monoisotopic (exact) mass is 429 g/mol. The highest BCUT2D eigenvalue weighted by Crippen LogP contribution is 2.22. The van der Waals surface area contributed by atoms with Gasteiger partial charge in [-0.05, 0) is 18.4 Å². The van der Waals surface area contributed by atoms with Crippen LogP contribution in [0.15, 0.2) is 36.5 Å². The lowest BCUT2D eigenvalue weighted by atomic mass is 10.0. The van der Waals surface area contributed by atoms with Gasteiger partial charge in [0.2, 0.25) is 0 Å². The van der Waals surface area contributed by atoms with Crippen LogP contribution in [0.1, 0.15) is 28.1 Å². The minimum atomic E-state index is -0.0357. The Hall–Kier alpha value is -2.00. The highest BCUT2D eigenvalue weighted by molar-refractivity contribution is 7.17. The zero-order chi connectivity index (χ0) is 20.6. The number of carbonyl (C=O) groups is 1. The van der Waals surface area contributed by atoms with E-state index in [9.17, 15) is 4.79 Å². The molecule has 3 heterocycles. The number of hydrogen-bond acceptors (Lipinski definition) is 7. The summed E-state index contributed by atoms with van der Waals surface area (Å²) in [5.74, 6) is -0.0357. The van der Waals surface area contributed by atoms with Crippen molar-refractivity contribution in [2.24, 2.45) is 0 Å². The molecule has 0 saturated carbocycles. The molecule has 7 nitrogen and oxygen atoms in total. The number of morpholine rings is 1. The second-order valence-electron chi connectivity index (χ2n) is 7.92. The Morgan fingerprint density at radius 2 is 1.87 bits per heavy atom. The van der Waals surface area contributed by atoms with Crippen molar-refractivity contribution in [3.63, 3.8) is 0 Å². The number of carbonyl (C=O) groups excluding carboxylic acids is 1. The average Bonchev–Trinajstić information content (AvgIpc) is 3.25. The first-order valence-corrected chi connectivity index (χ1v) is 11.6. The smallest absolute Gasteiger partial charge is 0.263 e. The molecular weight excluding hydrogens is 398 g/mol. The van der Waals surface area contributed by atoms with Crippen LogP contribution in [0.3, 0.4) is 0 Å². The molecular formula is C22H31N5O2S. The molecule has 0 unspecified atom stereocenters. The number of ether oxygens (including phenoxy) is 1. The molecule has 2 aliphatic heterocycles. The van der Waals surface area contributed by atoms with Crippen molar-refractivity contribution in [2.45, 2.75) is 25.4 Å². The van der Waals surface area contributed by atoms with E-state index in [0.29, 0.717) is 17.5 Å². The summed E-state index contributed by atoms with van der Waals surface area (Å²) in [6.45, 7) is 8.12. The maximum atomic E-state index is 12.4. The van der Waals surface area contributed by atoms with Gasteiger partial charge in [-0.2, -0.15) is 0 Å². The van der Waals surface area contributed by atoms with E-state index in [0.717, 1.165) is 70.5 Å². The normalized spacial score (nSPS) is 18.9. The van der Waals surface area contributed by atoms with Crippen LogP contribution in [-0.4, -0.2) is 79.2 Å². The van der Waals surface area contributed by atoms with Gasteiger partial charge < -0.3 is 15.4 Å². The number of benzene rings is 1. The van der Waals surface area contributed by atoms with Gasteiger partial charge in [0.15, 0.2) is 5.13 Å². The van der Waals surface area contributed by atoms with Crippen LogP contribution in [0.2, 0.25) is 0 Å². The van der Waals surface area contributed by atoms with E-state index >= 15 is 0 Å². The largest absolute Gasteiger partial charge is 0.379 e. The quantitative estimate of drug-likeness (QED) is 0.671. The number of nitrogens with zero attached hydrogens (tertiary/aromatic N) is 3. The third kappa shape index (κ3) is 6.25. The maximum Gasteiger partial charge on any atom is 0.263 e. The SMILES string of the molecule is O=C(NCCN1CCOCC1)c1cnc(NC2CCN(Cc3ccccc3)CC2)s1. The first-order chi connectivity index (χ1) is 14.8. The first-order valence-electron chi connectivity index (χ1n) is 10.8. The van der Waals surface area contributed by atoms with Crippen LogP contribution in [0.5, 0.6) is 0 Å². The van der Waals surface area contributed by atoms with Crippen LogP contribution in [0, 0.1) is 0 Å². The number of likely N-dealkylation sites (tertiary alicyclic amines) is 1. The van der Waals surface area contributed by atoms with Crippen molar-refractivity contribution >= 4 is 22.4 Å². The zero-order valence-electron chi connectivity index (χ0n) is 17.4. The highest BCUT2D eigenvalue weighted by Gasteiger charge is 2.20. The number of thiazole rings is 1. The molecule has 4 rings (SSSR count). The van der Waals surface area contributed by atoms with Gasteiger partial charge in [0, 0.05) is 51.9 Å². The Morgan fingerprint density at radius 1 is 1.10 bits per heavy atom. The van der Waals surface area contributed by atoms with Gasteiger partial charge in [-0.1, -0.05) is 41.7 Å². The average molecular weight is 430 g/mol. The molecule has 0 atom stereocenters. The van der Waals surface area contributed by atoms with Gasteiger partial charge in [0.25, 0.3) is 5.91 Å². The van der Waals surface area contributed by atoms with E-state index in [2.05, 4.69) is 55.7 Å². The summed E-state index contributed by atoms with van der Waals surface area (Å²) >= 11 is 1.44. The second kappa shape index (κ2) is 10.9. The van der Waals surface area contributed by atoms with Crippen LogP contribution >= 0.6 is 11.3 Å². The summed E-state index contributed by atoms with van der Waals surface area (Å²) in [5.41, 5.74) is 1.37. The zero-order valence-corrected chi connectivity index (χ0v) is 18.2. The fourth-order valence-corrected chi connectivity index (χ4v) is 4.75. The summed E-state index contributed by atoms with van der Waals surface area (Å²) in [6.07, 6.45) is 3.86. The summed E-state index contributed by atoms with van der Waals surface area (Å²) in [4.78, 5) is 22.3. The van der Waals surface area contributed by atoms with Gasteiger partial charge in [-0.3, -0.25) is 14.6 Å². The van der Waals surface area contributed by atoms with Crippen molar-refractivity contribution in [3.05, 3.63) is 47.0 Å². The lowest BCUT2D eigenvalue weighted by molar-refractivity contribution is 0.0383. The van der Waals surface area contributed by atoms with E-state index < -0.39 is 0 Å². The predicted molar refractivity (Wildman–Crippen MR) is 120 cm³/mol. The number of amides is 1. The molecule has 162 valence electrons. The van der Waals surface area contributed by atoms with E-state index in [1.165, 1.54) is 16.9 Å². The van der Waals surface area contributed by atoms with Gasteiger partial charge in [0.1, 0.15) is 4.88 Å². The molecule has 0 aliphatic carbocycles. The first kappa shape index (κ1) is 21.2. The Kier molecular flexibility index (Phi) is 7.69. The van der Waals surface area contributed by atoms with Crippen LogP contribution in [-0.2, 0) is 11.3 Å². The molecule has 1 amide bonds. The van der Waals surface area contributed by atoms with Crippen molar-refractivity contribution in [1.82, 2.24) is 20.1 Å². The minimum Gasteiger partial charge on any atom is -0.379 e. The molecule has 2 aromatic rings. The third-order valence-corrected chi connectivity index (χ3v) is 6.64. The Morgan fingerprint density at radius 3 is 2.63 bits per heavy atom. The number of nitrogens with one attached hydrogen (secondary N) is 2. The molecule has 0 bridgehead atoms. The van der Waals surface area contributed by atoms with Crippen LogP contribution in [0.4, 0.5) is 5.13 Å². The Bertz CT molecular complexity index is 786. The summed E-state index contributed by atoms with van der Waals surface area (Å²) in [6, 6.07) is 11.1. The molecule has 0 spiro atoms. The minimum absolute atomic E-state index is 0.0357. The molecule has 1 aromatic carbocycles. The second-order valence-corrected chi connectivity index (χ2v) is 8.95. The number of hydrogen-bond donors (Lipinski definition) is 2. The van der Waals surface area contributed by atoms with Crippen LogP contribution in [0.25, 0.3) is 0 Å². The number of anilines is 1. The highest BCUT2D eigenvalue weighted by atomic mass is 32.1.